The van der Waals surface area contributed by atoms with E-state index in [-0.39, 0.29) is 12.5 Å². The van der Waals surface area contributed by atoms with Gasteiger partial charge in [-0.25, -0.2) is 4.79 Å². The molecule has 2 aromatic rings. The van der Waals surface area contributed by atoms with Crippen LogP contribution in [0.1, 0.15) is 22.5 Å². The summed E-state index contributed by atoms with van der Waals surface area (Å²) < 4.78 is 5.42. The second-order valence-corrected chi connectivity index (χ2v) is 7.14. The molecule has 0 atom stereocenters. The molecule has 3 rings (SSSR count). The summed E-state index contributed by atoms with van der Waals surface area (Å²) in [4.78, 5) is 37.4. The topological polar surface area (TPSA) is 75.7 Å². The van der Waals surface area contributed by atoms with Crippen LogP contribution in [0.2, 0.25) is 4.34 Å². The predicted molar refractivity (Wildman–Crippen MR) is 96.3 cm³/mol. The third-order valence-corrected chi connectivity index (χ3v) is 4.86. The summed E-state index contributed by atoms with van der Waals surface area (Å²) in [6.07, 6.45) is 1.43. The first-order valence-electron chi connectivity index (χ1n) is 7.66. The van der Waals surface area contributed by atoms with E-state index in [9.17, 15) is 14.4 Å². The number of esters is 1. The lowest BCUT2D eigenvalue weighted by atomic mass is 10.2. The molecule has 130 valence electrons. The molecular weight excluding hydrogens is 364 g/mol. The third kappa shape index (κ3) is 4.37. The van der Waals surface area contributed by atoms with E-state index in [0.29, 0.717) is 27.9 Å². The van der Waals surface area contributed by atoms with Gasteiger partial charge in [-0.3, -0.25) is 9.59 Å². The maximum atomic E-state index is 11.9. The molecule has 1 aliphatic heterocycles. The zero-order valence-corrected chi connectivity index (χ0v) is 14.7. The number of rotatable bonds is 5. The molecule has 0 saturated carbocycles. The number of hydrogen-bond acceptors (Lipinski definition) is 5. The number of halogens is 1. The number of hydrogen-bond donors (Lipinski definition) is 1. The average molecular weight is 379 g/mol. The molecule has 1 N–H and O–H groups in total. The second kappa shape index (κ2) is 7.67. The van der Waals surface area contributed by atoms with Crippen molar-refractivity contribution in [1.29, 1.82) is 0 Å². The maximum absolute atomic E-state index is 11.9. The lowest BCUT2D eigenvalue weighted by Crippen LogP contribution is -2.23. The van der Waals surface area contributed by atoms with E-state index in [1.165, 1.54) is 0 Å². The first-order valence-corrected chi connectivity index (χ1v) is 8.85. The van der Waals surface area contributed by atoms with Gasteiger partial charge >= 0.3 is 5.97 Å². The van der Waals surface area contributed by atoms with Crippen molar-refractivity contribution in [2.75, 3.05) is 23.4 Å². The van der Waals surface area contributed by atoms with Crippen molar-refractivity contribution in [2.45, 2.75) is 12.8 Å². The van der Waals surface area contributed by atoms with Crippen LogP contribution < -0.4 is 10.2 Å². The number of ether oxygens (including phenoxy) is 1. The Bertz CT molecular complexity index is 803. The first-order chi connectivity index (χ1) is 12.0. The lowest BCUT2D eigenvalue weighted by Gasteiger charge is -2.16. The number of anilines is 2. The first kappa shape index (κ1) is 17.4. The van der Waals surface area contributed by atoms with Crippen molar-refractivity contribution in [3.05, 3.63) is 45.6 Å². The summed E-state index contributed by atoms with van der Waals surface area (Å²) in [7, 11) is 0. The van der Waals surface area contributed by atoms with E-state index < -0.39 is 11.9 Å². The number of nitrogens with one attached hydrogen (secondary N) is 1. The van der Waals surface area contributed by atoms with Crippen molar-refractivity contribution < 1.29 is 19.1 Å². The van der Waals surface area contributed by atoms with Crippen LogP contribution in [0.4, 0.5) is 11.4 Å². The molecule has 0 unspecified atom stereocenters. The van der Waals surface area contributed by atoms with Crippen molar-refractivity contribution >= 4 is 52.1 Å². The van der Waals surface area contributed by atoms with Gasteiger partial charge in [0.1, 0.15) is 4.88 Å². The summed E-state index contributed by atoms with van der Waals surface area (Å²) in [5.74, 6) is -0.923. The Morgan fingerprint density at radius 3 is 2.56 bits per heavy atom. The minimum Gasteiger partial charge on any atom is -0.451 e. The van der Waals surface area contributed by atoms with Gasteiger partial charge in [0.2, 0.25) is 5.91 Å². The SMILES string of the molecule is O=C(COC(=O)c1ccc(Cl)s1)Nc1ccc(N2CCCC2=O)cc1. The monoisotopic (exact) mass is 378 g/mol. The highest BCUT2D eigenvalue weighted by atomic mass is 35.5. The minimum absolute atomic E-state index is 0.109. The molecule has 0 aliphatic carbocycles. The molecule has 0 spiro atoms. The van der Waals surface area contributed by atoms with Crippen molar-refractivity contribution in [1.82, 2.24) is 0 Å². The number of amides is 2. The van der Waals surface area contributed by atoms with E-state index in [1.807, 2.05) is 0 Å². The van der Waals surface area contributed by atoms with Crippen LogP contribution in [-0.4, -0.2) is 30.9 Å². The van der Waals surface area contributed by atoms with E-state index >= 15 is 0 Å². The van der Waals surface area contributed by atoms with Gasteiger partial charge in [0, 0.05) is 24.3 Å². The van der Waals surface area contributed by atoms with Crippen molar-refractivity contribution in [3.63, 3.8) is 0 Å². The van der Waals surface area contributed by atoms with Crippen LogP contribution in [0, 0.1) is 0 Å². The Balaban J connectivity index is 1.51. The molecular formula is C17H15ClN2O4S. The van der Waals surface area contributed by atoms with Crippen LogP contribution >= 0.6 is 22.9 Å². The Morgan fingerprint density at radius 1 is 1.20 bits per heavy atom. The van der Waals surface area contributed by atoms with Gasteiger partial charge in [0.05, 0.1) is 4.34 Å². The molecule has 1 aromatic heterocycles. The smallest absolute Gasteiger partial charge is 0.348 e. The fraction of sp³-hybridized carbons (Fsp3) is 0.235. The predicted octanol–water partition coefficient (Wildman–Crippen LogP) is 3.32. The highest BCUT2D eigenvalue weighted by Crippen LogP contribution is 2.23. The molecule has 1 fully saturated rings. The molecule has 0 bridgehead atoms. The van der Waals surface area contributed by atoms with Gasteiger partial charge in [-0.05, 0) is 42.8 Å². The Morgan fingerprint density at radius 2 is 1.96 bits per heavy atom. The number of thiophene rings is 1. The van der Waals surface area contributed by atoms with Gasteiger partial charge in [-0.2, -0.15) is 0 Å². The molecule has 6 nitrogen and oxygen atoms in total. The van der Waals surface area contributed by atoms with Gasteiger partial charge in [-0.1, -0.05) is 11.6 Å². The maximum Gasteiger partial charge on any atom is 0.348 e. The third-order valence-electron chi connectivity index (χ3n) is 3.64. The highest BCUT2D eigenvalue weighted by molar-refractivity contribution is 7.17. The van der Waals surface area contributed by atoms with Crippen LogP contribution in [-0.2, 0) is 14.3 Å². The van der Waals surface area contributed by atoms with Crippen molar-refractivity contribution in [2.24, 2.45) is 0 Å². The molecule has 2 heterocycles. The van der Waals surface area contributed by atoms with E-state index in [0.717, 1.165) is 23.4 Å². The van der Waals surface area contributed by atoms with Crippen molar-refractivity contribution in [3.8, 4) is 0 Å². The Kier molecular flexibility index (Phi) is 5.35. The quantitative estimate of drug-likeness (QED) is 0.810. The largest absolute Gasteiger partial charge is 0.451 e. The summed E-state index contributed by atoms with van der Waals surface area (Å²) in [5.41, 5.74) is 1.37. The van der Waals surface area contributed by atoms with Crippen LogP contribution in [0.3, 0.4) is 0 Å². The summed E-state index contributed by atoms with van der Waals surface area (Å²) in [5, 5.41) is 2.64. The fourth-order valence-electron chi connectivity index (χ4n) is 2.47. The summed E-state index contributed by atoms with van der Waals surface area (Å²) in [6, 6.07) is 10.1. The molecule has 1 aliphatic rings. The fourth-order valence-corrected chi connectivity index (χ4v) is 3.41. The minimum atomic E-state index is -0.588. The molecule has 8 heteroatoms. The lowest BCUT2D eigenvalue weighted by molar-refractivity contribution is -0.119. The van der Waals surface area contributed by atoms with Crippen LogP contribution in [0.5, 0.6) is 0 Å². The zero-order valence-electron chi connectivity index (χ0n) is 13.2. The van der Waals surface area contributed by atoms with Gasteiger partial charge in [0.15, 0.2) is 6.61 Å². The van der Waals surface area contributed by atoms with Crippen LogP contribution in [0.15, 0.2) is 36.4 Å². The molecule has 0 radical (unpaired) electrons. The van der Waals surface area contributed by atoms with Gasteiger partial charge in [-0.15, -0.1) is 11.3 Å². The van der Waals surface area contributed by atoms with Gasteiger partial charge < -0.3 is 15.0 Å². The van der Waals surface area contributed by atoms with E-state index in [1.54, 1.807) is 41.3 Å². The zero-order chi connectivity index (χ0) is 17.8. The average Bonchev–Trinajstić information content (AvgIpc) is 3.22. The van der Waals surface area contributed by atoms with E-state index in [4.69, 9.17) is 16.3 Å². The molecule has 25 heavy (non-hydrogen) atoms. The Hall–Kier alpha value is -2.38. The Labute approximate surface area is 153 Å². The standard InChI is InChI=1S/C17H15ClN2O4S/c18-14-8-7-13(25-14)17(23)24-10-15(21)19-11-3-5-12(6-4-11)20-9-1-2-16(20)22/h3-8H,1-2,9-10H2,(H,19,21). The normalized spacial score (nSPS) is 13.8. The molecule has 1 saturated heterocycles. The van der Waals surface area contributed by atoms with E-state index in [2.05, 4.69) is 5.32 Å². The van der Waals surface area contributed by atoms with Gasteiger partial charge in [0.25, 0.3) is 5.91 Å². The highest BCUT2D eigenvalue weighted by Gasteiger charge is 2.21. The number of benzene rings is 1. The molecule has 2 amide bonds. The molecule has 1 aromatic carbocycles. The van der Waals surface area contributed by atoms with Crippen LogP contribution in [0.25, 0.3) is 0 Å². The summed E-state index contributed by atoms with van der Waals surface area (Å²) in [6.45, 7) is 0.327. The number of carbonyl (C=O) groups excluding carboxylic acids is 3. The second-order valence-electron chi connectivity index (χ2n) is 5.42. The summed E-state index contributed by atoms with van der Waals surface area (Å²) >= 11 is 6.84. The number of carbonyl (C=O) groups is 3. The number of nitrogens with zero attached hydrogens (tertiary/aromatic N) is 1.